The van der Waals surface area contributed by atoms with Gasteiger partial charge in [-0.05, 0) is 80.1 Å². The summed E-state index contributed by atoms with van der Waals surface area (Å²) in [5.41, 5.74) is 3.43. The topological polar surface area (TPSA) is 86.8 Å². The van der Waals surface area contributed by atoms with Gasteiger partial charge in [-0.15, -0.1) is 0 Å². The van der Waals surface area contributed by atoms with Gasteiger partial charge in [0.2, 0.25) is 11.8 Å². The lowest BCUT2D eigenvalue weighted by molar-refractivity contribution is -0.140. The van der Waals surface area contributed by atoms with Crippen LogP contribution in [0.25, 0.3) is 0 Å². The normalized spacial score (nSPS) is 12.2. The molecule has 0 saturated heterocycles. The van der Waals surface area contributed by atoms with Gasteiger partial charge in [-0.1, -0.05) is 79.9 Å². The fourth-order valence-corrected chi connectivity index (χ4v) is 6.45. The zero-order valence-corrected chi connectivity index (χ0v) is 27.3. The number of sulfonamides is 1. The number of carbonyl (C=O) groups excluding carboxylic acids is 2. The number of nitrogens with one attached hydrogen (secondary N) is 1. The summed E-state index contributed by atoms with van der Waals surface area (Å²) in [6, 6.07) is 16.1. The Morgan fingerprint density at radius 3 is 2.14 bits per heavy atom. The maximum Gasteiger partial charge on any atom is 0.264 e. The number of aryl methyl sites for hydroxylation is 3. The van der Waals surface area contributed by atoms with Crippen LogP contribution in [-0.2, 0) is 26.2 Å². The van der Waals surface area contributed by atoms with Crippen molar-refractivity contribution >= 4 is 50.7 Å². The number of nitrogens with zero attached hydrogens (tertiary/aromatic N) is 2. The van der Waals surface area contributed by atoms with E-state index in [4.69, 9.17) is 23.2 Å². The number of amides is 2. The molecule has 0 bridgehead atoms. The van der Waals surface area contributed by atoms with E-state index in [0.717, 1.165) is 15.4 Å². The van der Waals surface area contributed by atoms with E-state index in [1.54, 1.807) is 43.3 Å². The highest BCUT2D eigenvalue weighted by Crippen LogP contribution is 2.29. The minimum atomic E-state index is -4.16. The zero-order chi connectivity index (χ0) is 31.2. The molecule has 226 valence electrons. The third kappa shape index (κ3) is 8.27. The first kappa shape index (κ1) is 33.4. The Morgan fingerprint density at radius 1 is 0.905 bits per heavy atom. The first-order valence-corrected chi connectivity index (χ1v) is 16.1. The lowest BCUT2D eigenvalue weighted by Crippen LogP contribution is -2.52. The van der Waals surface area contributed by atoms with Crippen LogP contribution in [0.15, 0.2) is 65.6 Å². The molecule has 0 spiro atoms. The fraction of sp³-hybridized carbons (Fsp3) is 0.375. The molecule has 0 aliphatic rings. The maximum absolute atomic E-state index is 14.3. The van der Waals surface area contributed by atoms with Gasteiger partial charge >= 0.3 is 0 Å². The summed E-state index contributed by atoms with van der Waals surface area (Å²) in [5, 5.41) is 3.70. The van der Waals surface area contributed by atoms with E-state index in [9.17, 15) is 18.0 Å². The summed E-state index contributed by atoms with van der Waals surface area (Å²) in [7, 11) is -4.16. The highest BCUT2D eigenvalue weighted by atomic mass is 35.5. The molecule has 1 atom stereocenters. The Morgan fingerprint density at radius 2 is 1.55 bits per heavy atom. The van der Waals surface area contributed by atoms with Crippen LogP contribution in [0.4, 0.5) is 5.69 Å². The zero-order valence-electron chi connectivity index (χ0n) is 24.9. The average molecular weight is 633 g/mol. The molecule has 7 nitrogen and oxygen atoms in total. The molecule has 0 fully saturated rings. The molecule has 0 aliphatic heterocycles. The second kappa shape index (κ2) is 14.4. The predicted molar refractivity (Wildman–Crippen MR) is 171 cm³/mol. The van der Waals surface area contributed by atoms with Crippen LogP contribution in [0.3, 0.4) is 0 Å². The van der Waals surface area contributed by atoms with E-state index >= 15 is 0 Å². The van der Waals surface area contributed by atoms with Crippen LogP contribution in [-0.4, -0.2) is 44.3 Å². The number of halogens is 2. The molecular formula is C32H39Cl2N3O4S. The van der Waals surface area contributed by atoms with Gasteiger partial charge in [0.05, 0.1) is 10.6 Å². The predicted octanol–water partition coefficient (Wildman–Crippen LogP) is 6.69. The molecule has 0 saturated carbocycles. The van der Waals surface area contributed by atoms with Crippen LogP contribution < -0.4 is 9.62 Å². The molecular weight excluding hydrogens is 593 g/mol. The van der Waals surface area contributed by atoms with Crippen molar-refractivity contribution in [1.82, 2.24) is 10.2 Å². The van der Waals surface area contributed by atoms with Crippen LogP contribution in [0.1, 0.15) is 49.4 Å². The highest BCUT2D eigenvalue weighted by Gasteiger charge is 2.34. The van der Waals surface area contributed by atoms with Crippen molar-refractivity contribution in [2.75, 3.05) is 17.4 Å². The highest BCUT2D eigenvalue weighted by molar-refractivity contribution is 7.92. The maximum atomic E-state index is 14.3. The average Bonchev–Trinajstić information content (AvgIpc) is 2.93. The number of anilines is 1. The summed E-state index contributed by atoms with van der Waals surface area (Å²) < 4.78 is 29.3. The number of hydrogen-bond acceptors (Lipinski definition) is 4. The smallest absolute Gasteiger partial charge is 0.264 e. The van der Waals surface area contributed by atoms with Gasteiger partial charge in [0.15, 0.2) is 0 Å². The molecule has 0 radical (unpaired) electrons. The second-order valence-corrected chi connectivity index (χ2v) is 13.6. The van der Waals surface area contributed by atoms with Gasteiger partial charge in [0.25, 0.3) is 10.0 Å². The largest absolute Gasteiger partial charge is 0.354 e. The van der Waals surface area contributed by atoms with E-state index in [1.165, 1.54) is 17.0 Å². The molecule has 10 heteroatoms. The van der Waals surface area contributed by atoms with Gasteiger partial charge in [0, 0.05) is 23.1 Å². The summed E-state index contributed by atoms with van der Waals surface area (Å²) >= 11 is 12.6. The third-order valence-electron chi connectivity index (χ3n) is 6.95. The minimum absolute atomic E-state index is 0.00629. The van der Waals surface area contributed by atoms with Gasteiger partial charge in [0.1, 0.15) is 12.6 Å². The standard InChI is InChI=1S/C32H39Cl2N3O4S/c1-7-29(32(39)35-18-21(2)3)36(19-25-12-13-26(33)17-28(25)34)31(38)20-37(30-16-23(5)8-11-24(30)6)42(40,41)27-14-9-22(4)10-15-27/h8-17,21,29H,7,18-20H2,1-6H3,(H,35,39). The second-order valence-electron chi connectivity index (χ2n) is 10.9. The Hall–Kier alpha value is -3.07. The Kier molecular flexibility index (Phi) is 11.5. The van der Waals surface area contributed by atoms with Crippen LogP contribution in [0, 0.1) is 26.7 Å². The van der Waals surface area contributed by atoms with Gasteiger partial charge in [-0.25, -0.2) is 8.42 Å². The molecule has 1 unspecified atom stereocenters. The summed E-state index contributed by atoms with van der Waals surface area (Å²) in [6.07, 6.45) is 0.315. The van der Waals surface area contributed by atoms with Gasteiger partial charge in [-0.3, -0.25) is 13.9 Å². The van der Waals surface area contributed by atoms with Crippen molar-refractivity contribution < 1.29 is 18.0 Å². The molecule has 2 amide bonds. The number of carbonyl (C=O) groups is 2. The molecule has 3 aromatic carbocycles. The van der Waals surface area contributed by atoms with E-state index in [-0.39, 0.29) is 23.3 Å². The Bertz CT molecular complexity index is 1530. The van der Waals surface area contributed by atoms with Crippen molar-refractivity contribution in [3.8, 4) is 0 Å². The van der Waals surface area contributed by atoms with Crippen LogP contribution in [0.2, 0.25) is 10.0 Å². The lowest BCUT2D eigenvalue weighted by Gasteiger charge is -2.34. The molecule has 42 heavy (non-hydrogen) atoms. The quantitative estimate of drug-likeness (QED) is 0.241. The third-order valence-corrected chi connectivity index (χ3v) is 9.31. The van der Waals surface area contributed by atoms with E-state index in [1.807, 2.05) is 46.8 Å². The Balaban J connectivity index is 2.11. The number of hydrogen-bond donors (Lipinski definition) is 1. The van der Waals surface area contributed by atoms with Crippen LogP contribution >= 0.6 is 23.2 Å². The van der Waals surface area contributed by atoms with E-state index < -0.39 is 28.5 Å². The molecule has 0 aliphatic carbocycles. The van der Waals surface area contributed by atoms with Crippen molar-refractivity contribution in [1.29, 1.82) is 0 Å². The lowest BCUT2D eigenvalue weighted by atomic mass is 10.1. The summed E-state index contributed by atoms with van der Waals surface area (Å²) in [4.78, 5) is 29.1. The Labute approximate surface area is 259 Å². The summed E-state index contributed by atoms with van der Waals surface area (Å²) in [5.74, 6) is -0.644. The summed E-state index contributed by atoms with van der Waals surface area (Å²) in [6.45, 7) is 11.2. The SMILES string of the molecule is CCC(C(=O)NCC(C)C)N(Cc1ccc(Cl)cc1Cl)C(=O)CN(c1cc(C)ccc1C)S(=O)(=O)c1ccc(C)cc1. The molecule has 1 N–H and O–H groups in total. The molecule has 3 aromatic rings. The van der Waals surface area contributed by atoms with Gasteiger partial charge < -0.3 is 10.2 Å². The number of rotatable bonds is 12. The molecule has 3 rings (SSSR count). The van der Waals surface area contributed by atoms with Crippen molar-refractivity contribution in [3.05, 3.63) is 93.0 Å². The van der Waals surface area contributed by atoms with Crippen molar-refractivity contribution in [2.24, 2.45) is 5.92 Å². The van der Waals surface area contributed by atoms with Gasteiger partial charge in [-0.2, -0.15) is 0 Å². The van der Waals surface area contributed by atoms with Crippen molar-refractivity contribution in [2.45, 2.75) is 65.4 Å². The van der Waals surface area contributed by atoms with E-state index in [0.29, 0.717) is 39.8 Å². The number of benzene rings is 3. The van der Waals surface area contributed by atoms with Crippen LogP contribution in [0.5, 0.6) is 0 Å². The molecule has 0 aromatic heterocycles. The fourth-order valence-electron chi connectivity index (χ4n) is 4.51. The first-order chi connectivity index (χ1) is 19.7. The molecule has 0 heterocycles. The van der Waals surface area contributed by atoms with E-state index in [2.05, 4.69) is 5.32 Å². The monoisotopic (exact) mass is 631 g/mol. The van der Waals surface area contributed by atoms with Crippen molar-refractivity contribution in [3.63, 3.8) is 0 Å². The minimum Gasteiger partial charge on any atom is -0.354 e. The first-order valence-electron chi connectivity index (χ1n) is 13.9.